The Morgan fingerprint density at radius 1 is 1.47 bits per heavy atom. The highest BCUT2D eigenvalue weighted by atomic mass is 35.5. The molecule has 0 atom stereocenters. The first-order valence-electron chi connectivity index (χ1n) is 4.14. The Kier molecular flexibility index (Phi) is 2.21. The molecule has 1 heterocycles. The van der Waals surface area contributed by atoms with E-state index < -0.39 is 11.9 Å². The van der Waals surface area contributed by atoms with Crippen molar-refractivity contribution in [2.24, 2.45) is 0 Å². The molecule has 5 heteroatoms. The van der Waals surface area contributed by atoms with Crippen molar-refractivity contribution in [3.8, 4) is 0 Å². The SMILES string of the molecule is O=C(O)/C=C1\C(=O)Nc2ccc(Cl)cc21. The molecular formula is C10H6ClNO3. The van der Waals surface area contributed by atoms with Gasteiger partial charge in [-0.3, -0.25) is 4.79 Å². The fourth-order valence-corrected chi connectivity index (χ4v) is 1.60. The Labute approximate surface area is 90.2 Å². The third-order valence-electron chi connectivity index (χ3n) is 2.03. The summed E-state index contributed by atoms with van der Waals surface area (Å²) in [7, 11) is 0. The van der Waals surface area contributed by atoms with Crippen molar-refractivity contribution in [3.63, 3.8) is 0 Å². The minimum Gasteiger partial charge on any atom is -0.478 e. The van der Waals surface area contributed by atoms with Crippen molar-refractivity contribution < 1.29 is 14.7 Å². The zero-order valence-electron chi connectivity index (χ0n) is 7.45. The van der Waals surface area contributed by atoms with Crippen molar-refractivity contribution in [2.75, 3.05) is 5.32 Å². The van der Waals surface area contributed by atoms with Gasteiger partial charge in [-0.1, -0.05) is 11.6 Å². The minimum atomic E-state index is -1.16. The zero-order valence-corrected chi connectivity index (χ0v) is 8.21. The number of anilines is 1. The molecule has 0 bridgehead atoms. The number of hydrogen-bond acceptors (Lipinski definition) is 2. The molecule has 2 N–H and O–H groups in total. The third-order valence-corrected chi connectivity index (χ3v) is 2.27. The number of carbonyl (C=O) groups is 2. The van der Waals surface area contributed by atoms with Crippen LogP contribution >= 0.6 is 11.6 Å². The largest absolute Gasteiger partial charge is 0.478 e. The molecule has 0 unspecified atom stereocenters. The van der Waals surface area contributed by atoms with E-state index in [-0.39, 0.29) is 5.57 Å². The minimum absolute atomic E-state index is 0.125. The van der Waals surface area contributed by atoms with Crippen LogP contribution < -0.4 is 5.32 Å². The lowest BCUT2D eigenvalue weighted by Gasteiger charge is -1.97. The third kappa shape index (κ3) is 1.71. The second-order valence-electron chi connectivity index (χ2n) is 3.04. The number of rotatable bonds is 1. The zero-order chi connectivity index (χ0) is 11.0. The van der Waals surface area contributed by atoms with Crippen LogP contribution in [0.15, 0.2) is 24.3 Å². The van der Waals surface area contributed by atoms with Crippen LogP contribution in [-0.2, 0) is 9.59 Å². The number of carboxylic acids is 1. The van der Waals surface area contributed by atoms with Gasteiger partial charge in [-0.25, -0.2) is 4.79 Å². The van der Waals surface area contributed by atoms with Crippen molar-refractivity contribution >= 4 is 34.7 Å². The van der Waals surface area contributed by atoms with Gasteiger partial charge in [0.2, 0.25) is 0 Å². The van der Waals surface area contributed by atoms with Gasteiger partial charge in [-0.05, 0) is 18.2 Å². The molecule has 0 aromatic heterocycles. The van der Waals surface area contributed by atoms with Crippen LogP contribution in [0.4, 0.5) is 5.69 Å². The monoisotopic (exact) mass is 223 g/mol. The maximum absolute atomic E-state index is 11.4. The lowest BCUT2D eigenvalue weighted by molar-refractivity contribution is -0.131. The van der Waals surface area contributed by atoms with Gasteiger partial charge in [0.1, 0.15) is 0 Å². The molecular weight excluding hydrogens is 218 g/mol. The summed E-state index contributed by atoms with van der Waals surface area (Å²) >= 11 is 5.76. The number of hydrogen-bond donors (Lipinski definition) is 2. The quantitative estimate of drug-likeness (QED) is 0.713. The van der Waals surface area contributed by atoms with Gasteiger partial charge < -0.3 is 10.4 Å². The van der Waals surface area contributed by atoms with Crippen LogP contribution in [0, 0.1) is 0 Å². The Balaban J connectivity index is 2.58. The van der Waals surface area contributed by atoms with Gasteiger partial charge in [0.15, 0.2) is 0 Å². The first-order valence-corrected chi connectivity index (χ1v) is 4.51. The van der Waals surface area contributed by atoms with Crippen molar-refractivity contribution in [1.82, 2.24) is 0 Å². The number of carbonyl (C=O) groups excluding carboxylic acids is 1. The van der Waals surface area contributed by atoms with E-state index in [2.05, 4.69) is 5.32 Å². The van der Waals surface area contributed by atoms with Gasteiger partial charge in [0.25, 0.3) is 5.91 Å². The second kappa shape index (κ2) is 3.40. The first-order chi connectivity index (χ1) is 7.08. The molecule has 4 nitrogen and oxygen atoms in total. The first kappa shape index (κ1) is 9.73. The summed E-state index contributed by atoms with van der Waals surface area (Å²) in [5, 5.41) is 11.6. The molecule has 0 aliphatic carbocycles. The summed E-state index contributed by atoms with van der Waals surface area (Å²) < 4.78 is 0. The average Bonchev–Trinajstić information content (AvgIpc) is 2.43. The van der Waals surface area contributed by atoms with Gasteiger partial charge in [-0.15, -0.1) is 0 Å². The number of aliphatic carboxylic acids is 1. The van der Waals surface area contributed by atoms with E-state index in [1.54, 1.807) is 18.2 Å². The summed E-state index contributed by atoms with van der Waals surface area (Å²) in [5.74, 6) is -1.58. The fourth-order valence-electron chi connectivity index (χ4n) is 1.43. The Bertz CT molecular complexity index is 493. The summed E-state index contributed by atoms with van der Waals surface area (Å²) in [6, 6.07) is 4.83. The maximum atomic E-state index is 11.4. The highest BCUT2D eigenvalue weighted by molar-refractivity contribution is 6.35. The topological polar surface area (TPSA) is 66.4 Å². The van der Waals surface area contributed by atoms with Crippen LogP contribution in [0.5, 0.6) is 0 Å². The molecule has 1 aromatic rings. The predicted octanol–water partition coefficient (Wildman–Crippen LogP) is 1.76. The molecule has 15 heavy (non-hydrogen) atoms. The summed E-state index contributed by atoms with van der Waals surface area (Å²) in [6.45, 7) is 0. The van der Waals surface area contributed by atoms with Gasteiger partial charge in [0.05, 0.1) is 5.57 Å². The van der Waals surface area contributed by atoms with Crippen LogP contribution in [-0.4, -0.2) is 17.0 Å². The molecule has 2 rings (SSSR count). The molecule has 1 amide bonds. The van der Waals surface area contributed by atoms with Crippen LogP contribution in [0.25, 0.3) is 5.57 Å². The number of carboxylic acid groups (broad SMARTS) is 1. The molecule has 0 spiro atoms. The smallest absolute Gasteiger partial charge is 0.329 e. The molecule has 1 aliphatic rings. The number of fused-ring (bicyclic) bond motifs is 1. The Hall–Kier alpha value is -1.81. The molecule has 0 saturated carbocycles. The van der Waals surface area contributed by atoms with Crippen LogP contribution in [0.2, 0.25) is 5.02 Å². The van der Waals surface area contributed by atoms with E-state index in [4.69, 9.17) is 16.7 Å². The van der Waals surface area contributed by atoms with E-state index >= 15 is 0 Å². The molecule has 1 aliphatic heterocycles. The highest BCUT2D eigenvalue weighted by Crippen LogP contribution is 2.33. The van der Waals surface area contributed by atoms with Crippen molar-refractivity contribution in [3.05, 3.63) is 34.9 Å². The predicted molar refractivity (Wildman–Crippen MR) is 55.7 cm³/mol. The van der Waals surface area contributed by atoms with Crippen molar-refractivity contribution in [2.45, 2.75) is 0 Å². The number of amides is 1. The summed E-state index contributed by atoms with van der Waals surface area (Å²) in [4.78, 5) is 21.9. The van der Waals surface area contributed by atoms with Crippen LogP contribution in [0.1, 0.15) is 5.56 Å². The van der Waals surface area contributed by atoms with E-state index in [0.717, 1.165) is 6.08 Å². The number of benzene rings is 1. The standard InChI is InChI=1S/C10H6ClNO3/c11-5-1-2-8-6(3-5)7(4-9(13)14)10(15)12-8/h1-4H,(H,12,15)(H,13,14)/b7-4-. The molecule has 76 valence electrons. The average molecular weight is 224 g/mol. The molecule has 0 radical (unpaired) electrons. The Morgan fingerprint density at radius 3 is 2.87 bits per heavy atom. The Morgan fingerprint density at radius 2 is 2.20 bits per heavy atom. The molecule has 0 saturated heterocycles. The number of nitrogens with one attached hydrogen (secondary N) is 1. The van der Waals surface area contributed by atoms with E-state index in [1.807, 2.05) is 0 Å². The van der Waals surface area contributed by atoms with Crippen molar-refractivity contribution in [1.29, 1.82) is 0 Å². The molecule has 0 fully saturated rings. The van der Waals surface area contributed by atoms with E-state index in [1.165, 1.54) is 0 Å². The van der Waals surface area contributed by atoms with E-state index in [9.17, 15) is 9.59 Å². The molecule has 1 aromatic carbocycles. The van der Waals surface area contributed by atoms with Gasteiger partial charge >= 0.3 is 5.97 Å². The van der Waals surface area contributed by atoms with Gasteiger partial charge in [-0.2, -0.15) is 0 Å². The second-order valence-corrected chi connectivity index (χ2v) is 3.48. The fraction of sp³-hybridized carbons (Fsp3) is 0. The summed E-state index contributed by atoms with van der Waals surface area (Å²) in [6.07, 6.45) is 0.873. The lowest BCUT2D eigenvalue weighted by Crippen LogP contribution is -2.05. The van der Waals surface area contributed by atoms with E-state index in [0.29, 0.717) is 16.3 Å². The summed E-state index contributed by atoms with van der Waals surface area (Å²) in [5.41, 5.74) is 1.23. The highest BCUT2D eigenvalue weighted by Gasteiger charge is 2.24. The normalized spacial score (nSPS) is 16.3. The maximum Gasteiger partial charge on any atom is 0.329 e. The van der Waals surface area contributed by atoms with Crippen LogP contribution in [0.3, 0.4) is 0 Å². The number of halogens is 1. The van der Waals surface area contributed by atoms with Gasteiger partial charge in [0, 0.05) is 22.3 Å². The lowest BCUT2D eigenvalue weighted by atomic mass is 10.1.